The quantitative estimate of drug-likeness (QED) is 0.781. The Labute approximate surface area is 111 Å². The van der Waals surface area contributed by atoms with E-state index >= 15 is 0 Å². The average molecular weight is 244 g/mol. The maximum Gasteiger partial charge on any atom is 0.0633 e. The molecule has 2 rings (SSSR count). The molecular weight excluding hydrogens is 220 g/mol. The minimum atomic E-state index is 0.857. The summed E-state index contributed by atoms with van der Waals surface area (Å²) in [6.07, 6.45) is 4.45. The number of nitrogens with zero attached hydrogens (tertiary/aromatic N) is 2. The summed E-state index contributed by atoms with van der Waals surface area (Å²) >= 11 is 0. The molecule has 1 heterocycles. The predicted molar refractivity (Wildman–Crippen MR) is 78.7 cm³/mol. The Bertz CT molecular complexity index is 410. The highest BCUT2D eigenvalue weighted by atomic mass is 14.8. The summed E-state index contributed by atoms with van der Waals surface area (Å²) in [5.74, 6) is 0. The Kier molecular flexibility index (Phi) is 9.47. The molecule has 18 heavy (non-hydrogen) atoms. The summed E-state index contributed by atoms with van der Waals surface area (Å²) in [6, 6.07) is 10.3. The molecule has 0 aliphatic heterocycles. The fourth-order valence-electron chi connectivity index (χ4n) is 1.41. The summed E-state index contributed by atoms with van der Waals surface area (Å²) < 4.78 is 0. The molecule has 0 aliphatic carbocycles. The zero-order chi connectivity index (χ0) is 13.8. The van der Waals surface area contributed by atoms with Crippen molar-refractivity contribution in [2.24, 2.45) is 0 Å². The van der Waals surface area contributed by atoms with E-state index in [1.807, 2.05) is 59.0 Å². The molecule has 0 amide bonds. The van der Waals surface area contributed by atoms with Crippen LogP contribution in [-0.2, 0) is 6.42 Å². The Morgan fingerprint density at radius 1 is 0.889 bits per heavy atom. The summed E-state index contributed by atoms with van der Waals surface area (Å²) in [5, 5.41) is 0. The van der Waals surface area contributed by atoms with Gasteiger partial charge in [-0.3, -0.25) is 9.97 Å². The first-order valence-corrected chi connectivity index (χ1v) is 6.66. The van der Waals surface area contributed by atoms with Gasteiger partial charge in [0.25, 0.3) is 0 Å². The van der Waals surface area contributed by atoms with Crippen LogP contribution in [-0.4, -0.2) is 9.97 Å². The molecule has 2 nitrogen and oxygen atoms in total. The van der Waals surface area contributed by atoms with Crippen molar-refractivity contribution < 1.29 is 0 Å². The van der Waals surface area contributed by atoms with Crippen LogP contribution in [0.2, 0.25) is 0 Å². The second-order valence-corrected chi connectivity index (χ2v) is 3.31. The van der Waals surface area contributed by atoms with Gasteiger partial charge in [-0.2, -0.15) is 0 Å². The van der Waals surface area contributed by atoms with Crippen LogP contribution in [0.15, 0.2) is 42.7 Å². The third-order valence-corrected chi connectivity index (χ3v) is 2.03. The second-order valence-electron chi connectivity index (χ2n) is 3.31. The molecule has 0 atom stereocenters. The van der Waals surface area contributed by atoms with Crippen molar-refractivity contribution in [3.05, 3.63) is 59.7 Å². The van der Waals surface area contributed by atoms with E-state index in [2.05, 4.69) is 22.1 Å². The molecule has 1 aromatic carbocycles. The van der Waals surface area contributed by atoms with Crippen LogP contribution < -0.4 is 0 Å². The topological polar surface area (TPSA) is 25.8 Å². The van der Waals surface area contributed by atoms with E-state index in [1.165, 1.54) is 5.56 Å². The highest BCUT2D eigenvalue weighted by Gasteiger charge is 1.97. The van der Waals surface area contributed by atoms with Crippen molar-refractivity contribution in [1.29, 1.82) is 0 Å². The van der Waals surface area contributed by atoms with Crippen molar-refractivity contribution in [1.82, 2.24) is 9.97 Å². The van der Waals surface area contributed by atoms with E-state index in [9.17, 15) is 0 Å². The SMILES string of the molecule is CC.CC.Cc1cncc(Cc2ccccc2)n1. The van der Waals surface area contributed by atoms with Crippen LogP contribution in [0, 0.1) is 6.92 Å². The van der Waals surface area contributed by atoms with Gasteiger partial charge in [0.05, 0.1) is 11.4 Å². The molecule has 0 unspecified atom stereocenters. The van der Waals surface area contributed by atoms with Gasteiger partial charge in [-0.05, 0) is 12.5 Å². The van der Waals surface area contributed by atoms with E-state index < -0.39 is 0 Å². The molecule has 2 heteroatoms. The molecule has 0 fully saturated rings. The molecule has 0 saturated heterocycles. The molecule has 1 aromatic heterocycles. The Balaban J connectivity index is 0.000000659. The van der Waals surface area contributed by atoms with Gasteiger partial charge in [0.1, 0.15) is 0 Å². The smallest absolute Gasteiger partial charge is 0.0633 e. The van der Waals surface area contributed by atoms with Gasteiger partial charge >= 0.3 is 0 Å². The third-order valence-electron chi connectivity index (χ3n) is 2.03. The number of rotatable bonds is 2. The number of hydrogen-bond donors (Lipinski definition) is 0. The first kappa shape index (κ1) is 16.3. The van der Waals surface area contributed by atoms with Crippen LogP contribution in [0.1, 0.15) is 44.6 Å². The van der Waals surface area contributed by atoms with Gasteiger partial charge < -0.3 is 0 Å². The molecule has 0 spiro atoms. The minimum Gasteiger partial charge on any atom is -0.261 e. The first-order chi connectivity index (χ1) is 8.84. The van der Waals surface area contributed by atoms with Gasteiger partial charge in [-0.25, -0.2) is 0 Å². The highest BCUT2D eigenvalue weighted by Crippen LogP contribution is 2.05. The van der Waals surface area contributed by atoms with Crippen LogP contribution >= 0.6 is 0 Å². The molecule has 0 radical (unpaired) electrons. The van der Waals surface area contributed by atoms with Crippen molar-refractivity contribution in [3.8, 4) is 0 Å². The molecule has 0 saturated carbocycles. The third kappa shape index (κ3) is 6.14. The lowest BCUT2D eigenvalue weighted by Gasteiger charge is -2.00. The molecular formula is C16H24N2. The Hall–Kier alpha value is -1.70. The Morgan fingerprint density at radius 3 is 2.06 bits per heavy atom. The summed E-state index contributed by atoms with van der Waals surface area (Å²) in [4.78, 5) is 8.52. The van der Waals surface area contributed by atoms with Crippen molar-refractivity contribution in [2.75, 3.05) is 0 Å². The van der Waals surface area contributed by atoms with Crippen molar-refractivity contribution in [3.63, 3.8) is 0 Å². The molecule has 0 aliphatic rings. The summed E-state index contributed by atoms with van der Waals surface area (Å²) in [5.41, 5.74) is 3.27. The maximum atomic E-state index is 4.41. The number of benzene rings is 1. The van der Waals surface area contributed by atoms with E-state index in [-0.39, 0.29) is 0 Å². The fraction of sp³-hybridized carbons (Fsp3) is 0.375. The average Bonchev–Trinajstić information content (AvgIpc) is 2.44. The van der Waals surface area contributed by atoms with Gasteiger partial charge in [0.15, 0.2) is 0 Å². The largest absolute Gasteiger partial charge is 0.261 e. The van der Waals surface area contributed by atoms with Crippen molar-refractivity contribution in [2.45, 2.75) is 41.0 Å². The number of aromatic nitrogens is 2. The molecule has 0 bridgehead atoms. The lowest BCUT2D eigenvalue weighted by molar-refractivity contribution is 0.992. The monoisotopic (exact) mass is 244 g/mol. The zero-order valence-corrected chi connectivity index (χ0v) is 12.1. The molecule has 0 N–H and O–H groups in total. The summed E-state index contributed by atoms with van der Waals surface area (Å²) in [7, 11) is 0. The minimum absolute atomic E-state index is 0.857. The second kappa shape index (κ2) is 10.5. The van der Waals surface area contributed by atoms with E-state index in [4.69, 9.17) is 0 Å². The lowest BCUT2D eigenvalue weighted by atomic mass is 10.1. The van der Waals surface area contributed by atoms with Gasteiger partial charge in [0, 0.05) is 18.8 Å². The van der Waals surface area contributed by atoms with Crippen LogP contribution in [0.25, 0.3) is 0 Å². The normalized spacial score (nSPS) is 8.50. The van der Waals surface area contributed by atoms with Crippen LogP contribution in [0.3, 0.4) is 0 Å². The predicted octanol–water partition coefficient (Wildman–Crippen LogP) is 4.43. The van der Waals surface area contributed by atoms with E-state index in [1.54, 1.807) is 6.20 Å². The number of hydrogen-bond acceptors (Lipinski definition) is 2. The number of aryl methyl sites for hydroxylation is 1. The van der Waals surface area contributed by atoms with Crippen LogP contribution in [0.4, 0.5) is 0 Å². The van der Waals surface area contributed by atoms with Gasteiger partial charge in [-0.15, -0.1) is 0 Å². The zero-order valence-electron chi connectivity index (χ0n) is 12.1. The first-order valence-electron chi connectivity index (χ1n) is 6.66. The Morgan fingerprint density at radius 2 is 1.50 bits per heavy atom. The maximum absolute atomic E-state index is 4.41. The summed E-state index contributed by atoms with van der Waals surface area (Å²) in [6.45, 7) is 9.96. The van der Waals surface area contributed by atoms with E-state index in [0.717, 1.165) is 17.8 Å². The van der Waals surface area contributed by atoms with Crippen molar-refractivity contribution >= 4 is 0 Å². The van der Waals surface area contributed by atoms with Gasteiger partial charge in [0.2, 0.25) is 0 Å². The molecule has 98 valence electrons. The lowest BCUT2D eigenvalue weighted by Crippen LogP contribution is -1.94. The van der Waals surface area contributed by atoms with Gasteiger partial charge in [-0.1, -0.05) is 58.0 Å². The fourth-order valence-corrected chi connectivity index (χ4v) is 1.41. The highest BCUT2D eigenvalue weighted by molar-refractivity contribution is 5.20. The standard InChI is InChI=1S/C12H12N2.2C2H6/c1-10-8-13-9-12(14-10)7-11-5-3-2-4-6-11;2*1-2/h2-6,8-9H,7H2,1H3;2*1-2H3. The van der Waals surface area contributed by atoms with E-state index in [0.29, 0.717) is 0 Å². The molecule has 2 aromatic rings. The van der Waals surface area contributed by atoms with Crippen LogP contribution in [0.5, 0.6) is 0 Å².